The van der Waals surface area contributed by atoms with Gasteiger partial charge in [0.1, 0.15) is 5.15 Å². The van der Waals surface area contributed by atoms with E-state index in [-0.39, 0.29) is 34.6 Å². The van der Waals surface area contributed by atoms with Gasteiger partial charge in [-0.05, 0) is 49.9 Å². The minimum atomic E-state index is -0.247. The molecule has 1 saturated carbocycles. The summed E-state index contributed by atoms with van der Waals surface area (Å²) in [7, 11) is 3.13. The van der Waals surface area contributed by atoms with Crippen LogP contribution in [0.15, 0.2) is 30.5 Å². The predicted octanol–water partition coefficient (Wildman–Crippen LogP) is 3.47. The van der Waals surface area contributed by atoms with E-state index < -0.39 is 0 Å². The second-order valence-electron chi connectivity index (χ2n) is 7.03. The molecule has 1 amide bonds. The molecule has 1 fully saturated rings. The molecule has 7 nitrogen and oxygen atoms in total. The van der Waals surface area contributed by atoms with E-state index in [1.807, 2.05) is 0 Å². The monoisotopic (exact) mass is 412 g/mol. The van der Waals surface area contributed by atoms with Crippen LogP contribution in [-0.4, -0.2) is 46.9 Å². The Labute approximate surface area is 174 Å². The van der Waals surface area contributed by atoms with E-state index in [1.54, 1.807) is 36.2 Å². The SMILES string of the molecule is COC(=O)[C@H]1CC[C@H](N(C)C(=O)c2cnc(-c3ccc(C#N)cc3)nc2Cl)CC1. The first-order valence-corrected chi connectivity index (χ1v) is 9.70. The molecule has 150 valence electrons. The van der Waals surface area contributed by atoms with Crippen molar-refractivity contribution >= 4 is 23.5 Å². The molecule has 0 aliphatic heterocycles. The standard InChI is InChI=1S/C21H21ClN4O3/c1-26(16-9-7-15(8-10-16)21(28)29-2)20(27)17-12-24-19(25-18(17)22)14-5-3-13(11-23)4-6-14/h3-6,12,15-16H,7-10H2,1-2H3/t15-,16-. The Hall–Kier alpha value is -2.98. The Bertz CT molecular complexity index is 947. The lowest BCUT2D eigenvalue weighted by Crippen LogP contribution is -2.40. The Kier molecular flexibility index (Phi) is 6.45. The Morgan fingerprint density at radius 1 is 1.21 bits per heavy atom. The first-order valence-electron chi connectivity index (χ1n) is 9.32. The van der Waals surface area contributed by atoms with Gasteiger partial charge < -0.3 is 9.64 Å². The number of carbonyl (C=O) groups excluding carboxylic acids is 2. The van der Waals surface area contributed by atoms with Crippen molar-refractivity contribution in [1.29, 1.82) is 5.26 Å². The fraction of sp³-hybridized carbons (Fsp3) is 0.381. The van der Waals surface area contributed by atoms with E-state index >= 15 is 0 Å². The molecule has 0 bridgehead atoms. The third-order valence-corrected chi connectivity index (χ3v) is 5.63. The van der Waals surface area contributed by atoms with Crippen molar-refractivity contribution in [2.45, 2.75) is 31.7 Å². The largest absolute Gasteiger partial charge is 0.469 e. The number of methoxy groups -OCH3 is 1. The van der Waals surface area contributed by atoms with Crippen LogP contribution in [0, 0.1) is 17.2 Å². The summed E-state index contributed by atoms with van der Waals surface area (Å²) in [5.41, 5.74) is 1.48. The van der Waals surface area contributed by atoms with E-state index in [4.69, 9.17) is 21.6 Å². The summed E-state index contributed by atoms with van der Waals surface area (Å²) in [4.78, 5) is 34.8. The summed E-state index contributed by atoms with van der Waals surface area (Å²) < 4.78 is 4.81. The second-order valence-corrected chi connectivity index (χ2v) is 7.39. The number of hydrogen-bond acceptors (Lipinski definition) is 6. The first-order chi connectivity index (χ1) is 13.9. The lowest BCUT2D eigenvalue weighted by Gasteiger charge is -2.33. The first kappa shape index (κ1) is 20.7. The van der Waals surface area contributed by atoms with Crippen LogP contribution in [0.3, 0.4) is 0 Å². The van der Waals surface area contributed by atoms with Crippen molar-refractivity contribution in [3.05, 3.63) is 46.7 Å². The van der Waals surface area contributed by atoms with Gasteiger partial charge in [-0.1, -0.05) is 11.6 Å². The third-order valence-electron chi connectivity index (χ3n) is 5.34. The maximum absolute atomic E-state index is 12.9. The minimum Gasteiger partial charge on any atom is -0.469 e. The van der Waals surface area contributed by atoms with Crippen molar-refractivity contribution in [2.24, 2.45) is 5.92 Å². The molecular weight excluding hydrogens is 392 g/mol. The van der Waals surface area contributed by atoms with Gasteiger partial charge in [-0.3, -0.25) is 9.59 Å². The molecule has 0 unspecified atom stereocenters. The summed E-state index contributed by atoms with van der Waals surface area (Å²) in [6, 6.07) is 8.89. The predicted molar refractivity (Wildman–Crippen MR) is 107 cm³/mol. The van der Waals surface area contributed by atoms with Crippen LogP contribution in [-0.2, 0) is 9.53 Å². The Morgan fingerprint density at radius 2 is 1.86 bits per heavy atom. The molecule has 1 aliphatic carbocycles. The van der Waals surface area contributed by atoms with Crippen LogP contribution in [0.2, 0.25) is 5.15 Å². The number of carbonyl (C=O) groups is 2. The Balaban J connectivity index is 1.70. The number of rotatable bonds is 4. The number of ether oxygens (including phenoxy) is 1. The van der Waals surface area contributed by atoms with Crippen LogP contribution in [0.4, 0.5) is 0 Å². The molecule has 3 rings (SSSR count). The van der Waals surface area contributed by atoms with Gasteiger partial charge in [-0.25, -0.2) is 9.97 Å². The molecule has 1 aromatic carbocycles. The smallest absolute Gasteiger partial charge is 0.308 e. The van der Waals surface area contributed by atoms with Crippen LogP contribution < -0.4 is 0 Å². The topological polar surface area (TPSA) is 96.2 Å². The minimum absolute atomic E-state index is 0.0256. The van der Waals surface area contributed by atoms with Crippen molar-refractivity contribution in [3.8, 4) is 17.5 Å². The molecule has 0 atom stereocenters. The number of halogens is 1. The summed E-state index contributed by atoms with van der Waals surface area (Å²) in [6.07, 6.45) is 4.27. The van der Waals surface area contributed by atoms with Gasteiger partial charge >= 0.3 is 5.97 Å². The molecule has 2 aromatic rings. The van der Waals surface area contributed by atoms with Crippen LogP contribution in [0.5, 0.6) is 0 Å². The van der Waals surface area contributed by atoms with Crippen LogP contribution in [0.1, 0.15) is 41.6 Å². The highest BCUT2D eigenvalue weighted by molar-refractivity contribution is 6.32. The van der Waals surface area contributed by atoms with Gasteiger partial charge in [0.25, 0.3) is 5.91 Å². The summed E-state index contributed by atoms with van der Waals surface area (Å²) in [6.45, 7) is 0. The molecule has 0 spiro atoms. The van der Waals surface area contributed by atoms with Gasteiger partial charge in [-0.2, -0.15) is 5.26 Å². The molecule has 8 heteroatoms. The fourth-order valence-corrected chi connectivity index (χ4v) is 3.77. The molecule has 0 radical (unpaired) electrons. The highest BCUT2D eigenvalue weighted by Crippen LogP contribution is 2.29. The number of nitrogens with zero attached hydrogens (tertiary/aromatic N) is 4. The zero-order chi connectivity index (χ0) is 21.0. The molecular formula is C21H21ClN4O3. The molecule has 1 aliphatic rings. The van der Waals surface area contributed by atoms with E-state index in [9.17, 15) is 9.59 Å². The van der Waals surface area contributed by atoms with E-state index in [2.05, 4.69) is 16.0 Å². The molecule has 1 heterocycles. The van der Waals surface area contributed by atoms with Crippen molar-refractivity contribution in [3.63, 3.8) is 0 Å². The average molecular weight is 413 g/mol. The molecule has 0 saturated heterocycles. The number of nitriles is 1. The van der Waals surface area contributed by atoms with E-state index in [0.717, 1.165) is 12.8 Å². The number of benzene rings is 1. The van der Waals surface area contributed by atoms with Gasteiger partial charge in [0.2, 0.25) is 0 Å². The van der Waals surface area contributed by atoms with Crippen molar-refractivity contribution in [1.82, 2.24) is 14.9 Å². The molecule has 0 N–H and O–H groups in total. The summed E-state index contributed by atoms with van der Waals surface area (Å²) >= 11 is 6.29. The number of hydrogen-bond donors (Lipinski definition) is 0. The summed E-state index contributed by atoms with van der Waals surface area (Å²) in [5.74, 6) is -0.147. The highest BCUT2D eigenvalue weighted by atomic mass is 35.5. The normalized spacial score (nSPS) is 18.6. The zero-order valence-corrected chi connectivity index (χ0v) is 17.0. The average Bonchev–Trinajstić information content (AvgIpc) is 2.77. The molecule has 1 aromatic heterocycles. The maximum Gasteiger partial charge on any atom is 0.308 e. The fourth-order valence-electron chi connectivity index (χ4n) is 3.56. The number of esters is 1. The second kappa shape index (κ2) is 9.01. The molecule has 29 heavy (non-hydrogen) atoms. The van der Waals surface area contributed by atoms with Gasteiger partial charge in [0, 0.05) is 24.8 Å². The van der Waals surface area contributed by atoms with E-state index in [1.165, 1.54) is 13.3 Å². The van der Waals surface area contributed by atoms with Crippen LogP contribution in [0.25, 0.3) is 11.4 Å². The summed E-state index contributed by atoms with van der Waals surface area (Å²) in [5, 5.41) is 8.97. The van der Waals surface area contributed by atoms with E-state index in [0.29, 0.717) is 29.8 Å². The van der Waals surface area contributed by atoms with Crippen molar-refractivity contribution in [2.75, 3.05) is 14.2 Å². The van der Waals surface area contributed by atoms with Crippen LogP contribution >= 0.6 is 11.6 Å². The zero-order valence-electron chi connectivity index (χ0n) is 16.3. The maximum atomic E-state index is 12.9. The Morgan fingerprint density at radius 3 is 2.41 bits per heavy atom. The lowest BCUT2D eigenvalue weighted by atomic mass is 9.85. The van der Waals surface area contributed by atoms with Crippen molar-refractivity contribution < 1.29 is 14.3 Å². The lowest BCUT2D eigenvalue weighted by molar-refractivity contribution is -0.146. The number of amides is 1. The third kappa shape index (κ3) is 4.54. The van der Waals surface area contributed by atoms with Gasteiger partial charge in [-0.15, -0.1) is 0 Å². The van der Waals surface area contributed by atoms with Gasteiger partial charge in [0.15, 0.2) is 5.82 Å². The highest BCUT2D eigenvalue weighted by Gasteiger charge is 2.31. The quantitative estimate of drug-likeness (QED) is 0.563. The number of aromatic nitrogens is 2. The van der Waals surface area contributed by atoms with Gasteiger partial charge in [0.05, 0.1) is 30.2 Å².